The average Bonchev–Trinajstić information content (AvgIpc) is 2.31. The number of rotatable bonds is 2. The van der Waals surface area contributed by atoms with E-state index < -0.39 is 0 Å². The topological polar surface area (TPSA) is 22.0 Å². The fraction of sp³-hybridized carbons (Fsp3) is 0.154. The van der Waals surface area contributed by atoms with Crippen LogP contribution >= 0.6 is 38.5 Å². The fourth-order valence-corrected chi connectivity index (χ4v) is 2.52. The first kappa shape index (κ1) is 13.7. The summed E-state index contributed by atoms with van der Waals surface area (Å²) in [5.74, 6) is -0.301. The van der Waals surface area contributed by atoms with Crippen LogP contribution in [0.25, 0.3) is 0 Å². The first-order valence-electron chi connectivity index (χ1n) is 5.28. The Morgan fingerprint density at radius 3 is 2.78 bits per heavy atom. The lowest BCUT2D eigenvalue weighted by atomic mass is 10.2. The Hall–Kier alpha value is -0.690. The predicted octanol–water partition coefficient (Wildman–Crippen LogP) is 3.71. The maximum atomic E-state index is 13.1. The van der Waals surface area contributed by atoms with Gasteiger partial charge in [0.1, 0.15) is 5.82 Å². The molecule has 2 aromatic rings. The van der Waals surface area contributed by atoms with E-state index in [1.54, 1.807) is 22.8 Å². The van der Waals surface area contributed by atoms with E-state index in [1.165, 1.54) is 6.07 Å². The summed E-state index contributed by atoms with van der Waals surface area (Å²) < 4.78 is 16.2. The smallest absolute Gasteiger partial charge is 0.251 e. The van der Waals surface area contributed by atoms with Crippen molar-refractivity contribution in [3.8, 4) is 0 Å². The second kappa shape index (κ2) is 5.52. The van der Waals surface area contributed by atoms with Gasteiger partial charge in [0.2, 0.25) is 0 Å². The van der Waals surface area contributed by atoms with Crippen LogP contribution in [-0.2, 0) is 6.54 Å². The second-order valence-corrected chi connectivity index (χ2v) is 6.04. The number of hydrogen-bond donors (Lipinski definition) is 0. The highest BCUT2D eigenvalue weighted by Crippen LogP contribution is 2.17. The third-order valence-corrected chi connectivity index (χ3v) is 4.34. The third kappa shape index (κ3) is 3.00. The van der Waals surface area contributed by atoms with Crippen LogP contribution in [0.2, 0.25) is 0 Å². The number of hydrogen-bond acceptors (Lipinski definition) is 1. The molecule has 5 heteroatoms. The highest BCUT2D eigenvalue weighted by Gasteiger charge is 2.04. The molecule has 0 fully saturated rings. The van der Waals surface area contributed by atoms with Crippen LogP contribution in [0.1, 0.15) is 11.1 Å². The van der Waals surface area contributed by atoms with Crippen LogP contribution in [0.5, 0.6) is 0 Å². The summed E-state index contributed by atoms with van der Waals surface area (Å²) in [6.45, 7) is 2.34. The molecule has 0 unspecified atom stereocenters. The fourth-order valence-electron chi connectivity index (χ4n) is 1.60. The molecule has 0 bridgehead atoms. The van der Waals surface area contributed by atoms with Crippen LogP contribution in [0.15, 0.2) is 39.7 Å². The van der Waals surface area contributed by atoms with Gasteiger partial charge in [-0.2, -0.15) is 0 Å². The average molecular weight is 422 g/mol. The highest BCUT2D eigenvalue weighted by molar-refractivity contribution is 14.1. The van der Waals surface area contributed by atoms with Crippen molar-refractivity contribution in [3.63, 3.8) is 0 Å². The SMILES string of the molecule is Cc1cc(=O)n(Cc2ccc(F)c(Br)c2)cc1I. The molecule has 0 atom stereocenters. The number of aromatic nitrogens is 1. The molecule has 0 amide bonds. The molecule has 2 rings (SSSR count). The summed E-state index contributed by atoms with van der Waals surface area (Å²) in [6.07, 6.45) is 1.81. The van der Waals surface area contributed by atoms with Crippen molar-refractivity contribution in [1.29, 1.82) is 0 Å². The largest absolute Gasteiger partial charge is 0.310 e. The molecule has 0 radical (unpaired) electrons. The minimum atomic E-state index is -0.301. The maximum Gasteiger partial charge on any atom is 0.251 e. The van der Waals surface area contributed by atoms with Crippen molar-refractivity contribution < 1.29 is 4.39 Å². The maximum absolute atomic E-state index is 13.1. The molecule has 0 N–H and O–H groups in total. The van der Waals surface area contributed by atoms with Gasteiger partial charge in [-0.1, -0.05) is 6.07 Å². The molecule has 0 aliphatic rings. The lowest BCUT2D eigenvalue weighted by molar-refractivity contribution is 0.619. The standard InChI is InChI=1S/C13H10BrFINO/c1-8-4-13(18)17(7-12(8)16)6-9-2-3-11(15)10(14)5-9/h2-5,7H,6H2,1H3. The Labute approximate surface area is 126 Å². The predicted molar refractivity (Wildman–Crippen MR) is 81.4 cm³/mol. The quantitative estimate of drug-likeness (QED) is 0.677. The van der Waals surface area contributed by atoms with E-state index in [0.717, 1.165) is 14.7 Å². The highest BCUT2D eigenvalue weighted by atomic mass is 127. The molecule has 94 valence electrons. The van der Waals surface area contributed by atoms with Gasteiger partial charge in [-0.25, -0.2) is 4.39 Å². The summed E-state index contributed by atoms with van der Waals surface area (Å²) in [6, 6.07) is 6.37. The van der Waals surface area contributed by atoms with Crippen molar-refractivity contribution in [2.24, 2.45) is 0 Å². The number of pyridine rings is 1. The molecule has 1 aromatic carbocycles. The van der Waals surface area contributed by atoms with Crippen LogP contribution in [0, 0.1) is 16.3 Å². The molecule has 0 saturated heterocycles. The van der Waals surface area contributed by atoms with E-state index in [2.05, 4.69) is 38.5 Å². The number of aryl methyl sites for hydroxylation is 1. The molecular formula is C13H10BrFINO. The Morgan fingerprint density at radius 1 is 1.39 bits per heavy atom. The van der Waals surface area contributed by atoms with Crippen LogP contribution in [0.4, 0.5) is 4.39 Å². The van der Waals surface area contributed by atoms with Gasteiger partial charge in [-0.05, 0) is 68.7 Å². The molecule has 0 spiro atoms. The van der Waals surface area contributed by atoms with Gasteiger partial charge < -0.3 is 4.57 Å². The zero-order chi connectivity index (χ0) is 13.3. The van der Waals surface area contributed by atoms with E-state index >= 15 is 0 Å². The Balaban J connectivity index is 2.37. The van der Waals surface area contributed by atoms with Crippen LogP contribution in [0.3, 0.4) is 0 Å². The molecule has 0 aliphatic carbocycles. The molecule has 18 heavy (non-hydrogen) atoms. The minimum Gasteiger partial charge on any atom is -0.310 e. The number of halogens is 3. The normalized spacial score (nSPS) is 10.7. The van der Waals surface area contributed by atoms with Crippen molar-refractivity contribution in [1.82, 2.24) is 4.57 Å². The van der Waals surface area contributed by atoms with Gasteiger partial charge in [-0.3, -0.25) is 4.79 Å². The van der Waals surface area contributed by atoms with Crippen molar-refractivity contribution in [2.45, 2.75) is 13.5 Å². The molecule has 0 aliphatic heterocycles. The van der Waals surface area contributed by atoms with E-state index in [4.69, 9.17) is 0 Å². The van der Waals surface area contributed by atoms with Gasteiger partial charge in [0.25, 0.3) is 5.56 Å². The Morgan fingerprint density at radius 2 is 2.11 bits per heavy atom. The summed E-state index contributed by atoms with van der Waals surface area (Å²) in [5.41, 5.74) is 1.80. The third-order valence-electron chi connectivity index (χ3n) is 2.61. The summed E-state index contributed by atoms with van der Waals surface area (Å²) in [4.78, 5) is 11.8. The van der Waals surface area contributed by atoms with Crippen LogP contribution in [-0.4, -0.2) is 4.57 Å². The molecular weight excluding hydrogens is 412 g/mol. The van der Waals surface area contributed by atoms with Gasteiger partial charge in [-0.15, -0.1) is 0 Å². The van der Waals surface area contributed by atoms with Crippen LogP contribution < -0.4 is 5.56 Å². The zero-order valence-corrected chi connectivity index (χ0v) is 13.3. The lowest BCUT2D eigenvalue weighted by Gasteiger charge is -2.08. The Bertz CT molecular complexity index is 654. The number of benzene rings is 1. The lowest BCUT2D eigenvalue weighted by Crippen LogP contribution is -2.20. The van der Waals surface area contributed by atoms with Crippen molar-refractivity contribution in [2.75, 3.05) is 0 Å². The molecule has 1 aromatic heterocycles. The van der Waals surface area contributed by atoms with E-state index in [1.807, 2.05) is 13.1 Å². The molecule has 0 saturated carbocycles. The monoisotopic (exact) mass is 421 g/mol. The van der Waals surface area contributed by atoms with Crippen molar-refractivity contribution in [3.05, 3.63) is 65.8 Å². The number of nitrogens with zero attached hydrogens (tertiary/aromatic N) is 1. The summed E-state index contributed by atoms with van der Waals surface area (Å²) >= 11 is 5.33. The zero-order valence-electron chi connectivity index (χ0n) is 9.58. The minimum absolute atomic E-state index is 0.0478. The van der Waals surface area contributed by atoms with Gasteiger partial charge in [0.15, 0.2) is 0 Å². The van der Waals surface area contributed by atoms with E-state index in [-0.39, 0.29) is 11.4 Å². The van der Waals surface area contributed by atoms with Crippen molar-refractivity contribution >= 4 is 38.5 Å². The summed E-state index contributed by atoms with van der Waals surface area (Å²) in [5, 5.41) is 0. The Kier molecular flexibility index (Phi) is 4.21. The molecule has 2 nitrogen and oxygen atoms in total. The van der Waals surface area contributed by atoms with Gasteiger partial charge >= 0.3 is 0 Å². The second-order valence-electron chi connectivity index (χ2n) is 4.02. The van der Waals surface area contributed by atoms with Gasteiger partial charge in [0, 0.05) is 15.8 Å². The first-order valence-corrected chi connectivity index (χ1v) is 7.15. The summed E-state index contributed by atoms with van der Waals surface area (Å²) in [7, 11) is 0. The molecule has 1 heterocycles. The first-order chi connectivity index (χ1) is 8.47. The van der Waals surface area contributed by atoms with E-state index in [9.17, 15) is 9.18 Å². The van der Waals surface area contributed by atoms with E-state index in [0.29, 0.717) is 11.0 Å². The van der Waals surface area contributed by atoms with Gasteiger partial charge in [0.05, 0.1) is 11.0 Å².